The zero-order valence-corrected chi connectivity index (χ0v) is 18.1. The molecule has 6 heteroatoms. The van der Waals surface area contributed by atoms with Crippen molar-refractivity contribution >= 4 is 49.2 Å². The number of hydrogen-bond acceptors (Lipinski definition) is 3. The number of rotatable bonds is 7. The second-order valence-corrected chi connectivity index (χ2v) is 8.65. The Morgan fingerprint density at radius 2 is 1.84 bits per heavy atom. The van der Waals surface area contributed by atoms with E-state index in [4.69, 9.17) is 0 Å². The third-order valence-corrected chi connectivity index (χ3v) is 5.81. The number of carbonyl (C=O) groups is 2. The molecule has 0 heterocycles. The lowest BCUT2D eigenvalue weighted by Gasteiger charge is -2.32. The molecular weight excluding hydrogens is 448 g/mol. The maximum Gasteiger partial charge on any atom is 0.224 e. The summed E-state index contributed by atoms with van der Waals surface area (Å²) in [5.41, 5.74) is 1.88. The zero-order valence-electron chi connectivity index (χ0n) is 14.9. The fourth-order valence-corrected chi connectivity index (χ4v) is 4.72. The smallest absolute Gasteiger partial charge is 0.224 e. The summed E-state index contributed by atoms with van der Waals surface area (Å²) in [7, 11) is 2.16. The molecule has 4 nitrogen and oxygen atoms in total. The Balaban J connectivity index is 2.12. The summed E-state index contributed by atoms with van der Waals surface area (Å²) in [6, 6.07) is 4.60. The molecule has 138 valence electrons. The van der Waals surface area contributed by atoms with Gasteiger partial charge in [0.1, 0.15) is 5.78 Å². The fourth-order valence-electron chi connectivity index (χ4n) is 3.30. The van der Waals surface area contributed by atoms with Crippen LogP contribution in [0.15, 0.2) is 21.1 Å². The van der Waals surface area contributed by atoms with E-state index in [-0.39, 0.29) is 24.5 Å². The average molecular weight is 474 g/mol. The number of amides is 1. The number of halogens is 2. The van der Waals surface area contributed by atoms with Gasteiger partial charge in [0.15, 0.2) is 0 Å². The molecule has 0 radical (unpaired) electrons. The Morgan fingerprint density at radius 1 is 1.16 bits per heavy atom. The molecule has 0 saturated heterocycles. The molecule has 0 unspecified atom stereocenters. The lowest BCUT2D eigenvalue weighted by atomic mass is 9.94. The second-order valence-electron chi connectivity index (χ2n) is 6.88. The molecule has 0 atom stereocenters. The molecule has 0 aliphatic heterocycles. The van der Waals surface area contributed by atoms with Gasteiger partial charge in [-0.3, -0.25) is 9.69 Å². The molecule has 1 N–H and O–H groups in total. The van der Waals surface area contributed by atoms with Crippen LogP contribution in [0.3, 0.4) is 0 Å². The average Bonchev–Trinajstić information content (AvgIpc) is 2.56. The Hall–Kier alpha value is -0.720. The molecule has 1 saturated carbocycles. The van der Waals surface area contributed by atoms with Crippen LogP contribution in [0.2, 0.25) is 0 Å². The molecular formula is C19H26Br2N2O2. The van der Waals surface area contributed by atoms with Gasteiger partial charge in [-0.15, -0.1) is 0 Å². The number of nitrogens with one attached hydrogen (secondary N) is 1. The van der Waals surface area contributed by atoms with Crippen molar-refractivity contribution in [3.63, 3.8) is 0 Å². The second kappa shape index (κ2) is 9.83. The quantitative estimate of drug-likeness (QED) is 0.585. The van der Waals surface area contributed by atoms with Gasteiger partial charge < -0.3 is 10.1 Å². The van der Waals surface area contributed by atoms with Crippen LogP contribution in [0, 0.1) is 0 Å². The first-order valence-corrected chi connectivity index (χ1v) is 10.4. The van der Waals surface area contributed by atoms with Crippen molar-refractivity contribution in [3.05, 3.63) is 26.6 Å². The van der Waals surface area contributed by atoms with E-state index in [1.165, 1.54) is 39.0 Å². The van der Waals surface area contributed by atoms with Gasteiger partial charge in [-0.1, -0.05) is 35.2 Å². The topological polar surface area (TPSA) is 49.4 Å². The number of Topliss-reactive ketones (excluding diaryl/α,β-unsaturated/α-hetero) is 1. The highest BCUT2D eigenvalue weighted by Crippen LogP contribution is 2.33. The third-order valence-electron chi connectivity index (χ3n) is 4.72. The molecule has 1 aromatic rings. The summed E-state index contributed by atoms with van der Waals surface area (Å²) in [6.45, 7) is 2.29. The van der Waals surface area contributed by atoms with Crippen LogP contribution in [0.25, 0.3) is 0 Å². The highest BCUT2D eigenvalue weighted by molar-refractivity contribution is 9.11. The van der Waals surface area contributed by atoms with Gasteiger partial charge in [-0.2, -0.15) is 0 Å². The predicted molar refractivity (Wildman–Crippen MR) is 109 cm³/mol. The Bertz CT molecular complexity index is 628. The van der Waals surface area contributed by atoms with Crippen molar-refractivity contribution in [3.8, 4) is 0 Å². The number of anilines is 1. The number of benzene rings is 1. The van der Waals surface area contributed by atoms with E-state index in [1.807, 2.05) is 6.07 Å². The predicted octanol–water partition coefficient (Wildman–Crippen LogP) is 5.28. The SMILES string of the molecule is CC(=O)CCC(=O)Nc1c(Br)cc(Br)cc1CN(C)C1CCCCC1. The summed E-state index contributed by atoms with van der Waals surface area (Å²) in [6.07, 6.45) is 6.91. The van der Waals surface area contributed by atoms with E-state index in [0.29, 0.717) is 6.04 Å². The molecule has 1 aromatic carbocycles. The molecule has 0 spiro atoms. The fraction of sp³-hybridized carbons (Fsp3) is 0.579. The van der Waals surface area contributed by atoms with Crippen molar-refractivity contribution in [2.45, 2.75) is 64.5 Å². The Morgan fingerprint density at radius 3 is 2.48 bits per heavy atom. The minimum absolute atomic E-state index is 0.0299. The molecule has 0 aromatic heterocycles. The molecule has 1 amide bonds. The largest absolute Gasteiger partial charge is 0.325 e. The van der Waals surface area contributed by atoms with Crippen LogP contribution in [0.5, 0.6) is 0 Å². The van der Waals surface area contributed by atoms with Crippen molar-refractivity contribution in [1.82, 2.24) is 4.90 Å². The summed E-state index contributed by atoms with van der Waals surface area (Å²) >= 11 is 7.11. The van der Waals surface area contributed by atoms with E-state index in [1.54, 1.807) is 0 Å². The van der Waals surface area contributed by atoms with Crippen LogP contribution in [-0.2, 0) is 16.1 Å². The molecule has 2 rings (SSSR count). The molecule has 1 aliphatic rings. The van der Waals surface area contributed by atoms with Crippen LogP contribution in [0.4, 0.5) is 5.69 Å². The van der Waals surface area contributed by atoms with Gasteiger partial charge in [0, 0.05) is 34.4 Å². The summed E-state index contributed by atoms with van der Waals surface area (Å²) in [4.78, 5) is 25.7. The van der Waals surface area contributed by atoms with Gasteiger partial charge >= 0.3 is 0 Å². The van der Waals surface area contributed by atoms with Crippen LogP contribution in [0.1, 0.15) is 57.4 Å². The first-order chi connectivity index (χ1) is 11.9. The Labute approximate surface area is 167 Å². The maximum absolute atomic E-state index is 12.2. The maximum atomic E-state index is 12.2. The third kappa shape index (κ3) is 6.50. The summed E-state index contributed by atoms with van der Waals surface area (Å²) in [5, 5.41) is 2.98. The minimum Gasteiger partial charge on any atom is -0.325 e. The van der Waals surface area contributed by atoms with Crippen LogP contribution < -0.4 is 5.32 Å². The Kier molecular flexibility index (Phi) is 8.10. The molecule has 0 bridgehead atoms. The van der Waals surface area contributed by atoms with Crippen LogP contribution >= 0.6 is 31.9 Å². The van der Waals surface area contributed by atoms with E-state index >= 15 is 0 Å². The van der Waals surface area contributed by atoms with Gasteiger partial charge in [0.05, 0.1) is 5.69 Å². The van der Waals surface area contributed by atoms with E-state index < -0.39 is 0 Å². The van der Waals surface area contributed by atoms with Gasteiger partial charge in [0.25, 0.3) is 0 Å². The van der Waals surface area contributed by atoms with Gasteiger partial charge in [-0.25, -0.2) is 0 Å². The number of ketones is 1. The van der Waals surface area contributed by atoms with Gasteiger partial charge in [0.2, 0.25) is 5.91 Å². The normalized spacial score (nSPS) is 15.4. The summed E-state index contributed by atoms with van der Waals surface area (Å²) < 4.78 is 1.83. The lowest BCUT2D eigenvalue weighted by Crippen LogP contribution is -2.33. The van der Waals surface area contributed by atoms with Crippen LogP contribution in [-0.4, -0.2) is 29.7 Å². The highest BCUT2D eigenvalue weighted by Gasteiger charge is 2.20. The van der Waals surface area contributed by atoms with E-state index in [2.05, 4.69) is 55.2 Å². The van der Waals surface area contributed by atoms with Gasteiger partial charge in [-0.05, 0) is 60.4 Å². The highest BCUT2D eigenvalue weighted by atomic mass is 79.9. The van der Waals surface area contributed by atoms with Crippen molar-refractivity contribution in [1.29, 1.82) is 0 Å². The summed E-state index contributed by atoms with van der Waals surface area (Å²) in [5.74, 6) is -0.0953. The monoisotopic (exact) mass is 472 g/mol. The van der Waals surface area contributed by atoms with E-state index in [0.717, 1.165) is 26.7 Å². The lowest BCUT2D eigenvalue weighted by molar-refractivity contribution is -0.121. The first kappa shape index (κ1) is 20.6. The number of nitrogens with zero attached hydrogens (tertiary/aromatic N) is 1. The molecule has 1 fully saturated rings. The van der Waals surface area contributed by atoms with Crippen molar-refractivity contribution in [2.75, 3.05) is 12.4 Å². The first-order valence-electron chi connectivity index (χ1n) is 8.84. The molecule has 25 heavy (non-hydrogen) atoms. The zero-order chi connectivity index (χ0) is 18.4. The van der Waals surface area contributed by atoms with E-state index in [9.17, 15) is 9.59 Å². The minimum atomic E-state index is -0.125. The van der Waals surface area contributed by atoms with Crippen molar-refractivity contribution in [2.24, 2.45) is 0 Å². The molecule has 1 aliphatic carbocycles. The number of carbonyl (C=O) groups excluding carboxylic acids is 2. The number of hydrogen-bond donors (Lipinski definition) is 1. The van der Waals surface area contributed by atoms with Crippen molar-refractivity contribution < 1.29 is 9.59 Å². The standard InChI is InChI=1S/C19H26Br2N2O2/c1-13(24)8-9-18(25)22-19-14(10-15(20)11-17(19)21)12-23(2)16-6-4-3-5-7-16/h10-11,16H,3-9,12H2,1-2H3,(H,22,25).